The van der Waals surface area contributed by atoms with E-state index < -0.39 is 0 Å². The van der Waals surface area contributed by atoms with Gasteiger partial charge in [0.1, 0.15) is 0 Å². The van der Waals surface area contributed by atoms with E-state index in [1.54, 1.807) is 0 Å². The van der Waals surface area contributed by atoms with E-state index in [2.05, 4.69) is 51.9 Å². The molecule has 0 amide bonds. The van der Waals surface area contributed by atoms with Crippen molar-refractivity contribution in [1.29, 1.82) is 0 Å². The summed E-state index contributed by atoms with van der Waals surface area (Å²) >= 11 is 2.12. The van der Waals surface area contributed by atoms with E-state index in [0.29, 0.717) is 12.1 Å². The van der Waals surface area contributed by atoms with Gasteiger partial charge in [-0.25, -0.2) is 0 Å². The van der Waals surface area contributed by atoms with E-state index >= 15 is 0 Å². The summed E-state index contributed by atoms with van der Waals surface area (Å²) in [6.07, 6.45) is 2.75. The molecular formula is C18H26N2OS. The van der Waals surface area contributed by atoms with Crippen LogP contribution in [0.5, 0.6) is 0 Å². The predicted octanol–water partition coefficient (Wildman–Crippen LogP) is 2.64. The highest BCUT2D eigenvalue weighted by molar-refractivity contribution is 7.99. The molecule has 120 valence electrons. The molecule has 1 aromatic rings. The second kappa shape index (κ2) is 6.91. The predicted molar refractivity (Wildman–Crippen MR) is 92.4 cm³/mol. The van der Waals surface area contributed by atoms with Crippen LogP contribution in [0, 0.1) is 0 Å². The highest BCUT2D eigenvalue weighted by atomic mass is 32.2. The first-order valence-corrected chi connectivity index (χ1v) is 9.77. The fourth-order valence-electron chi connectivity index (χ4n) is 4.21. The highest BCUT2D eigenvalue weighted by Crippen LogP contribution is 2.31. The van der Waals surface area contributed by atoms with Gasteiger partial charge >= 0.3 is 0 Å². The van der Waals surface area contributed by atoms with Gasteiger partial charge in [0, 0.05) is 31.7 Å². The number of fused-ring (bicyclic) bond motifs is 1. The number of thioether (sulfide) groups is 1. The number of nitrogens with zero attached hydrogens (tertiary/aromatic N) is 2. The van der Waals surface area contributed by atoms with Gasteiger partial charge in [-0.1, -0.05) is 30.3 Å². The van der Waals surface area contributed by atoms with Gasteiger partial charge in [0.2, 0.25) is 0 Å². The van der Waals surface area contributed by atoms with Crippen molar-refractivity contribution in [3.8, 4) is 0 Å². The number of piperazine rings is 1. The smallest absolute Gasteiger partial charge is 0.0664 e. The van der Waals surface area contributed by atoms with Crippen LogP contribution in [-0.4, -0.2) is 66.2 Å². The number of benzene rings is 1. The van der Waals surface area contributed by atoms with Gasteiger partial charge < -0.3 is 4.74 Å². The maximum absolute atomic E-state index is 5.97. The molecule has 3 nitrogen and oxygen atoms in total. The van der Waals surface area contributed by atoms with E-state index in [-0.39, 0.29) is 0 Å². The average Bonchev–Trinajstić information content (AvgIpc) is 2.62. The minimum atomic E-state index is 0.448. The Morgan fingerprint density at radius 2 is 1.77 bits per heavy atom. The van der Waals surface area contributed by atoms with Crippen LogP contribution < -0.4 is 0 Å². The SMILES string of the molecule is c1ccc([C@H]2COC[C@H]3CN(C4CCSCC4)CCN32)cc1. The summed E-state index contributed by atoms with van der Waals surface area (Å²) in [5.41, 5.74) is 1.41. The fourth-order valence-corrected chi connectivity index (χ4v) is 5.29. The zero-order valence-electron chi connectivity index (χ0n) is 13.2. The Morgan fingerprint density at radius 1 is 0.955 bits per heavy atom. The first kappa shape index (κ1) is 15.0. The topological polar surface area (TPSA) is 15.7 Å². The molecule has 0 aromatic heterocycles. The summed E-state index contributed by atoms with van der Waals surface area (Å²) in [5, 5.41) is 0. The normalized spacial score (nSPS) is 31.8. The van der Waals surface area contributed by atoms with Crippen LogP contribution in [0.3, 0.4) is 0 Å². The second-order valence-corrected chi connectivity index (χ2v) is 7.92. The Bertz CT molecular complexity index is 477. The van der Waals surface area contributed by atoms with Gasteiger partial charge in [-0.2, -0.15) is 11.8 Å². The third-order valence-corrected chi connectivity index (χ3v) is 6.49. The maximum Gasteiger partial charge on any atom is 0.0664 e. The summed E-state index contributed by atoms with van der Waals surface area (Å²) in [6, 6.07) is 12.7. The van der Waals surface area contributed by atoms with Crippen molar-refractivity contribution < 1.29 is 4.74 Å². The molecule has 0 unspecified atom stereocenters. The fraction of sp³-hybridized carbons (Fsp3) is 0.667. The van der Waals surface area contributed by atoms with Crippen molar-refractivity contribution in [1.82, 2.24) is 9.80 Å². The largest absolute Gasteiger partial charge is 0.378 e. The van der Waals surface area contributed by atoms with Crippen molar-refractivity contribution in [2.45, 2.75) is 31.0 Å². The number of morpholine rings is 1. The van der Waals surface area contributed by atoms with Crippen molar-refractivity contribution in [3.05, 3.63) is 35.9 Å². The van der Waals surface area contributed by atoms with Crippen molar-refractivity contribution in [3.63, 3.8) is 0 Å². The molecule has 0 saturated carbocycles. The zero-order valence-corrected chi connectivity index (χ0v) is 14.0. The lowest BCUT2D eigenvalue weighted by atomic mass is 9.98. The minimum absolute atomic E-state index is 0.448. The molecule has 3 saturated heterocycles. The molecule has 2 atom stereocenters. The third-order valence-electron chi connectivity index (χ3n) is 5.44. The van der Waals surface area contributed by atoms with Crippen LogP contribution in [0.2, 0.25) is 0 Å². The molecular weight excluding hydrogens is 292 g/mol. The third kappa shape index (κ3) is 3.07. The molecule has 1 aromatic carbocycles. The Hall–Kier alpha value is -0.550. The first-order valence-electron chi connectivity index (χ1n) is 8.62. The van der Waals surface area contributed by atoms with Crippen LogP contribution in [0.4, 0.5) is 0 Å². The van der Waals surface area contributed by atoms with E-state index in [9.17, 15) is 0 Å². The molecule has 22 heavy (non-hydrogen) atoms. The van der Waals surface area contributed by atoms with Crippen molar-refractivity contribution >= 4 is 11.8 Å². The molecule has 0 spiro atoms. The zero-order chi connectivity index (χ0) is 14.8. The Morgan fingerprint density at radius 3 is 2.59 bits per heavy atom. The molecule has 0 N–H and O–H groups in total. The minimum Gasteiger partial charge on any atom is -0.378 e. The second-order valence-electron chi connectivity index (χ2n) is 6.69. The summed E-state index contributed by atoms with van der Waals surface area (Å²) in [6.45, 7) is 5.37. The number of hydrogen-bond donors (Lipinski definition) is 0. The van der Waals surface area contributed by atoms with Gasteiger partial charge in [0.05, 0.1) is 19.3 Å². The summed E-state index contributed by atoms with van der Waals surface area (Å²) in [7, 11) is 0. The van der Waals surface area contributed by atoms with Crippen LogP contribution in [0.1, 0.15) is 24.4 Å². The summed E-state index contributed by atoms with van der Waals surface area (Å²) in [5.74, 6) is 2.69. The van der Waals surface area contributed by atoms with Crippen LogP contribution in [0.15, 0.2) is 30.3 Å². The van der Waals surface area contributed by atoms with E-state index in [0.717, 1.165) is 19.3 Å². The standard InChI is InChI=1S/C18H26N2OS/c1-2-4-15(5-3-1)18-14-21-13-17-12-19(8-9-20(17)18)16-6-10-22-11-7-16/h1-5,16-18H,6-14H2/t17-,18-/m1/s1. The number of ether oxygens (including phenoxy) is 1. The molecule has 0 radical (unpaired) electrons. The molecule has 3 fully saturated rings. The lowest BCUT2D eigenvalue weighted by Gasteiger charge is -2.50. The summed E-state index contributed by atoms with van der Waals surface area (Å²) in [4.78, 5) is 5.45. The molecule has 0 aliphatic carbocycles. The quantitative estimate of drug-likeness (QED) is 0.833. The van der Waals surface area contributed by atoms with Crippen LogP contribution in [-0.2, 0) is 4.74 Å². The average molecular weight is 318 g/mol. The number of hydrogen-bond acceptors (Lipinski definition) is 4. The molecule has 4 rings (SSSR count). The van der Waals surface area contributed by atoms with Crippen molar-refractivity contribution in [2.75, 3.05) is 44.4 Å². The summed E-state index contributed by atoms with van der Waals surface area (Å²) < 4.78 is 5.97. The van der Waals surface area contributed by atoms with Gasteiger partial charge in [-0.3, -0.25) is 9.80 Å². The van der Waals surface area contributed by atoms with Crippen LogP contribution >= 0.6 is 11.8 Å². The lowest BCUT2D eigenvalue weighted by Crippen LogP contribution is -2.61. The van der Waals surface area contributed by atoms with Crippen LogP contribution in [0.25, 0.3) is 0 Å². The lowest BCUT2D eigenvalue weighted by molar-refractivity contribution is -0.0890. The maximum atomic E-state index is 5.97. The Kier molecular flexibility index (Phi) is 4.72. The molecule has 3 aliphatic heterocycles. The first-order chi connectivity index (χ1) is 10.9. The van der Waals surface area contributed by atoms with Gasteiger partial charge in [0.15, 0.2) is 0 Å². The van der Waals surface area contributed by atoms with Crippen molar-refractivity contribution in [2.24, 2.45) is 0 Å². The van der Waals surface area contributed by atoms with E-state index in [1.807, 2.05) is 0 Å². The molecule has 4 heteroatoms. The number of rotatable bonds is 2. The molecule has 3 aliphatic rings. The Labute approximate surface area is 138 Å². The highest BCUT2D eigenvalue weighted by Gasteiger charge is 2.38. The molecule has 0 bridgehead atoms. The van der Waals surface area contributed by atoms with E-state index in [4.69, 9.17) is 4.74 Å². The Balaban J connectivity index is 1.45. The molecule has 3 heterocycles. The van der Waals surface area contributed by atoms with Gasteiger partial charge in [0.25, 0.3) is 0 Å². The van der Waals surface area contributed by atoms with E-state index in [1.165, 1.54) is 49.5 Å². The monoisotopic (exact) mass is 318 g/mol. The van der Waals surface area contributed by atoms with Gasteiger partial charge in [-0.05, 0) is 29.9 Å². The van der Waals surface area contributed by atoms with Gasteiger partial charge in [-0.15, -0.1) is 0 Å².